The Labute approximate surface area is 209 Å². The molecule has 0 aliphatic carbocycles. The number of amides is 1. The molecule has 5 rings (SSSR count). The zero-order valence-corrected chi connectivity index (χ0v) is 20.1. The fourth-order valence-corrected chi connectivity index (χ4v) is 4.39. The van der Waals surface area contributed by atoms with E-state index in [1.807, 2.05) is 43.3 Å². The van der Waals surface area contributed by atoms with Gasteiger partial charge in [-0.2, -0.15) is 5.10 Å². The highest BCUT2D eigenvalue weighted by molar-refractivity contribution is 6.00. The number of rotatable bonds is 7. The second-order valence-corrected chi connectivity index (χ2v) is 8.89. The molecule has 1 unspecified atom stereocenters. The first-order valence-electron chi connectivity index (χ1n) is 12.0. The number of nitrogens with one attached hydrogen (secondary N) is 1. The quantitative estimate of drug-likeness (QED) is 0.432. The minimum atomic E-state index is -0.334. The van der Waals surface area contributed by atoms with Gasteiger partial charge in [0.2, 0.25) is 5.95 Å². The summed E-state index contributed by atoms with van der Waals surface area (Å²) in [4.78, 5) is 26.5. The maximum Gasteiger partial charge on any atom is 0.255 e. The Morgan fingerprint density at radius 2 is 1.67 bits per heavy atom. The van der Waals surface area contributed by atoms with Crippen LogP contribution in [0.2, 0.25) is 0 Å². The molecule has 0 bridgehead atoms. The van der Waals surface area contributed by atoms with Gasteiger partial charge in [-0.25, -0.2) is 19.0 Å². The van der Waals surface area contributed by atoms with E-state index in [9.17, 15) is 9.18 Å². The van der Waals surface area contributed by atoms with E-state index in [-0.39, 0.29) is 17.8 Å². The number of aromatic nitrogens is 4. The number of halogens is 1. The number of piperazine rings is 1. The van der Waals surface area contributed by atoms with Gasteiger partial charge in [0.05, 0.1) is 11.3 Å². The van der Waals surface area contributed by atoms with E-state index < -0.39 is 0 Å². The summed E-state index contributed by atoms with van der Waals surface area (Å²) in [7, 11) is 0. The second kappa shape index (κ2) is 10.7. The molecule has 0 radical (unpaired) electrons. The van der Waals surface area contributed by atoms with E-state index in [4.69, 9.17) is 0 Å². The first-order valence-corrected chi connectivity index (χ1v) is 12.0. The number of carbonyl (C=O) groups excluding carboxylic acids is 1. The van der Waals surface area contributed by atoms with Crippen molar-refractivity contribution in [3.05, 3.63) is 90.6 Å². The number of nitrogens with zero attached hydrogens (tertiary/aromatic N) is 6. The van der Waals surface area contributed by atoms with Crippen LogP contribution < -0.4 is 10.2 Å². The number of para-hydroxylation sites is 1. The van der Waals surface area contributed by atoms with Crippen molar-refractivity contribution in [1.82, 2.24) is 30.0 Å². The molecule has 36 heavy (non-hydrogen) atoms. The van der Waals surface area contributed by atoms with Crippen molar-refractivity contribution in [2.24, 2.45) is 0 Å². The maximum atomic E-state index is 13.5. The Bertz CT molecular complexity index is 1290. The van der Waals surface area contributed by atoms with Gasteiger partial charge in [-0.15, -0.1) is 0 Å². The van der Waals surface area contributed by atoms with Gasteiger partial charge in [0.1, 0.15) is 11.5 Å². The summed E-state index contributed by atoms with van der Waals surface area (Å²) >= 11 is 0. The third-order valence-corrected chi connectivity index (χ3v) is 6.21. The van der Waals surface area contributed by atoms with Gasteiger partial charge < -0.3 is 10.2 Å². The average Bonchev–Trinajstić information content (AvgIpc) is 3.36. The standard InChI is InChI=1S/C27H28FN7O/c1-20(18-33-14-16-34(17-15-33)27-29-12-5-13-30-27)31-26(36)24-19-35(23-6-3-2-4-7-23)32-25(24)21-8-10-22(28)11-9-21/h2-13,19-20H,14-18H2,1H3,(H,31,36). The molecular formula is C27H28FN7O. The van der Waals surface area contributed by atoms with Crippen LogP contribution in [0.15, 0.2) is 79.3 Å². The Morgan fingerprint density at radius 1 is 0.972 bits per heavy atom. The molecule has 1 saturated heterocycles. The smallest absolute Gasteiger partial charge is 0.255 e. The Morgan fingerprint density at radius 3 is 2.36 bits per heavy atom. The normalized spacial score (nSPS) is 15.0. The van der Waals surface area contributed by atoms with Crippen LogP contribution in [0.4, 0.5) is 10.3 Å². The first kappa shape index (κ1) is 23.6. The number of hydrogen-bond donors (Lipinski definition) is 1. The summed E-state index contributed by atoms with van der Waals surface area (Å²) in [6.45, 7) is 6.14. The van der Waals surface area contributed by atoms with Crippen molar-refractivity contribution in [2.75, 3.05) is 37.6 Å². The maximum absolute atomic E-state index is 13.5. The van der Waals surface area contributed by atoms with Gasteiger partial charge in [0.25, 0.3) is 5.91 Å². The number of benzene rings is 2. The molecule has 1 aliphatic rings. The zero-order valence-electron chi connectivity index (χ0n) is 20.1. The van der Waals surface area contributed by atoms with Crippen LogP contribution in [0.1, 0.15) is 17.3 Å². The van der Waals surface area contributed by atoms with E-state index >= 15 is 0 Å². The number of anilines is 1. The molecule has 1 aliphatic heterocycles. The molecule has 8 nitrogen and oxygen atoms in total. The van der Waals surface area contributed by atoms with Gasteiger partial charge >= 0.3 is 0 Å². The van der Waals surface area contributed by atoms with Crippen molar-refractivity contribution in [3.63, 3.8) is 0 Å². The highest BCUT2D eigenvalue weighted by Crippen LogP contribution is 2.24. The molecule has 1 N–H and O–H groups in total. The second-order valence-electron chi connectivity index (χ2n) is 8.89. The van der Waals surface area contributed by atoms with Crippen molar-refractivity contribution in [3.8, 4) is 16.9 Å². The van der Waals surface area contributed by atoms with Gasteiger partial charge in [-0.05, 0) is 49.4 Å². The van der Waals surface area contributed by atoms with E-state index in [1.54, 1.807) is 35.4 Å². The molecule has 184 valence electrons. The van der Waals surface area contributed by atoms with Gasteiger partial charge in [0, 0.05) is 62.9 Å². The highest BCUT2D eigenvalue weighted by Gasteiger charge is 2.23. The van der Waals surface area contributed by atoms with Gasteiger partial charge in [-0.3, -0.25) is 9.69 Å². The first-order chi connectivity index (χ1) is 17.6. The lowest BCUT2D eigenvalue weighted by Gasteiger charge is -2.35. The minimum Gasteiger partial charge on any atom is -0.348 e. The van der Waals surface area contributed by atoms with E-state index in [0.29, 0.717) is 16.8 Å². The SMILES string of the molecule is CC(CN1CCN(c2ncccn2)CC1)NC(=O)c1cn(-c2ccccc2)nc1-c1ccc(F)cc1. The summed E-state index contributed by atoms with van der Waals surface area (Å²) in [5.41, 5.74) is 2.49. The van der Waals surface area contributed by atoms with Crippen molar-refractivity contribution < 1.29 is 9.18 Å². The monoisotopic (exact) mass is 485 g/mol. The van der Waals surface area contributed by atoms with Gasteiger partial charge in [-0.1, -0.05) is 18.2 Å². The lowest BCUT2D eigenvalue weighted by Crippen LogP contribution is -2.51. The molecule has 3 heterocycles. The molecule has 4 aromatic rings. The predicted molar refractivity (Wildman–Crippen MR) is 137 cm³/mol. The average molecular weight is 486 g/mol. The topological polar surface area (TPSA) is 79.2 Å². The van der Waals surface area contributed by atoms with Crippen molar-refractivity contribution >= 4 is 11.9 Å². The molecule has 0 spiro atoms. The third-order valence-electron chi connectivity index (χ3n) is 6.21. The Hall–Kier alpha value is -4.11. The summed E-state index contributed by atoms with van der Waals surface area (Å²) in [5, 5.41) is 7.79. The molecule has 2 aromatic carbocycles. The fraction of sp³-hybridized carbons (Fsp3) is 0.259. The number of hydrogen-bond acceptors (Lipinski definition) is 6. The molecule has 2 aromatic heterocycles. The fourth-order valence-electron chi connectivity index (χ4n) is 4.39. The zero-order chi connectivity index (χ0) is 24.9. The van der Waals surface area contributed by atoms with E-state index in [1.165, 1.54) is 12.1 Å². The van der Waals surface area contributed by atoms with Crippen molar-refractivity contribution in [1.29, 1.82) is 0 Å². The summed E-state index contributed by atoms with van der Waals surface area (Å²) in [5.74, 6) is 0.211. The van der Waals surface area contributed by atoms with Crippen LogP contribution in [-0.2, 0) is 0 Å². The Kier molecular flexibility index (Phi) is 6.99. The molecule has 1 amide bonds. The van der Waals surface area contributed by atoms with E-state index in [0.717, 1.165) is 44.4 Å². The van der Waals surface area contributed by atoms with Crippen LogP contribution in [0.3, 0.4) is 0 Å². The highest BCUT2D eigenvalue weighted by atomic mass is 19.1. The van der Waals surface area contributed by atoms with Crippen LogP contribution in [0.5, 0.6) is 0 Å². The molecule has 0 saturated carbocycles. The lowest BCUT2D eigenvalue weighted by atomic mass is 10.1. The van der Waals surface area contributed by atoms with Crippen LogP contribution in [0, 0.1) is 5.82 Å². The molecule has 1 fully saturated rings. The number of carbonyl (C=O) groups is 1. The molecular weight excluding hydrogens is 457 g/mol. The predicted octanol–water partition coefficient (Wildman–Crippen LogP) is 3.41. The third kappa shape index (κ3) is 5.41. The molecule has 9 heteroatoms. The van der Waals surface area contributed by atoms with Crippen LogP contribution in [0.25, 0.3) is 16.9 Å². The summed E-state index contributed by atoms with van der Waals surface area (Å²) in [6.07, 6.45) is 5.24. The molecule has 1 atom stereocenters. The summed E-state index contributed by atoms with van der Waals surface area (Å²) in [6, 6.07) is 17.4. The largest absolute Gasteiger partial charge is 0.348 e. The minimum absolute atomic E-state index is 0.0711. The van der Waals surface area contributed by atoms with Gasteiger partial charge in [0.15, 0.2) is 0 Å². The summed E-state index contributed by atoms with van der Waals surface area (Å²) < 4.78 is 15.2. The van der Waals surface area contributed by atoms with Crippen LogP contribution >= 0.6 is 0 Å². The van der Waals surface area contributed by atoms with E-state index in [2.05, 4.69) is 30.2 Å². The van der Waals surface area contributed by atoms with Crippen molar-refractivity contribution in [2.45, 2.75) is 13.0 Å². The lowest BCUT2D eigenvalue weighted by molar-refractivity contribution is 0.0928. The Balaban J connectivity index is 1.27. The van der Waals surface area contributed by atoms with Crippen LogP contribution in [-0.4, -0.2) is 69.3 Å².